The van der Waals surface area contributed by atoms with E-state index in [1.165, 1.54) is 0 Å². The summed E-state index contributed by atoms with van der Waals surface area (Å²) in [7, 11) is 0. The first kappa shape index (κ1) is 22.1. The van der Waals surface area contributed by atoms with Crippen molar-refractivity contribution in [1.82, 2.24) is 20.3 Å². The summed E-state index contributed by atoms with van der Waals surface area (Å²) in [4.78, 5) is 26.6. The summed E-state index contributed by atoms with van der Waals surface area (Å²) in [6, 6.07) is 16.1. The van der Waals surface area contributed by atoms with Gasteiger partial charge < -0.3 is 10.2 Å². The highest BCUT2D eigenvalue weighted by Gasteiger charge is 2.28. The first-order valence-corrected chi connectivity index (χ1v) is 12.1. The number of thioether (sulfide) groups is 1. The van der Waals surface area contributed by atoms with Gasteiger partial charge in [0.25, 0.3) is 5.24 Å². The molecule has 8 heteroatoms. The number of anilines is 1. The van der Waals surface area contributed by atoms with Crippen molar-refractivity contribution in [3.63, 3.8) is 0 Å². The predicted molar refractivity (Wildman–Crippen MR) is 129 cm³/mol. The van der Waals surface area contributed by atoms with Gasteiger partial charge in [-0.2, -0.15) is 0 Å². The molecule has 0 fully saturated rings. The quantitative estimate of drug-likeness (QED) is 0.551. The molecule has 0 spiro atoms. The second-order valence-electron chi connectivity index (χ2n) is 7.69. The molecule has 2 aromatic carbocycles. The van der Waals surface area contributed by atoms with E-state index >= 15 is 0 Å². The molecule has 4 rings (SSSR count). The van der Waals surface area contributed by atoms with Crippen LogP contribution < -0.4 is 10.2 Å². The lowest BCUT2D eigenvalue weighted by Gasteiger charge is -2.28. The Hall–Kier alpha value is -3.13. The third-order valence-electron chi connectivity index (χ3n) is 5.54. The molecule has 1 aromatic heterocycles. The topological polar surface area (TPSA) is 80.1 Å². The second-order valence-corrected chi connectivity index (χ2v) is 8.46. The van der Waals surface area contributed by atoms with Crippen LogP contribution in [0.5, 0.6) is 0 Å². The van der Waals surface area contributed by atoms with Crippen molar-refractivity contribution in [2.24, 2.45) is 0 Å². The standard InChI is InChI=1S/C24H27N5O2S/c1-3-15-29-23-18-10-5-4-9-17(18)16-28(21(30)13-8-14-25-24(31)32-2)20-12-7-6-11-19(20)22(23)26-27-29/h4-7,9-12H,3,8,13-16H2,1-2H3,(H,25,31). The maximum atomic E-state index is 13.3. The molecule has 3 aromatic rings. The lowest BCUT2D eigenvalue weighted by atomic mass is 9.95. The third-order valence-corrected chi connectivity index (χ3v) is 6.06. The van der Waals surface area contributed by atoms with E-state index in [4.69, 9.17) is 0 Å². The molecule has 0 saturated heterocycles. The summed E-state index contributed by atoms with van der Waals surface area (Å²) in [6.45, 7) is 3.86. The molecule has 1 aliphatic rings. The first-order valence-electron chi connectivity index (χ1n) is 10.9. The number of carbonyl (C=O) groups is 2. The number of benzene rings is 2. The lowest BCUT2D eigenvalue weighted by molar-refractivity contribution is -0.118. The Morgan fingerprint density at radius 3 is 2.62 bits per heavy atom. The van der Waals surface area contributed by atoms with Gasteiger partial charge in [0, 0.05) is 30.6 Å². The molecule has 7 nitrogen and oxygen atoms in total. The molecule has 0 aliphatic carbocycles. The Morgan fingerprint density at radius 1 is 1.09 bits per heavy atom. The highest BCUT2D eigenvalue weighted by Crippen LogP contribution is 2.41. The number of nitrogens with zero attached hydrogens (tertiary/aromatic N) is 4. The van der Waals surface area contributed by atoms with Gasteiger partial charge in [0.2, 0.25) is 5.91 Å². The van der Waals surface area contributed by atoms with Crippen molar-refractivity contribution in [1.29, 1.82) is 0 Å². The Morgan fingerprint density at radius 2 is 1.84 bits per heavy atom. The molecule has 32 heavy (non-hydrogen) atoms. The number of fused-ring (bicyclic) bond motifs is 5. The van der Waals surface area contributed by atoms with Gasteiger partial charge in [-0.3, -0.25) is 9.59 Å². The van der Waals surface area contributed by atoms with Gasteiger partial charge in [-0.25, -0.2) is 4.68 Å². The van der Waals surface area contributed by atoms with Gasteiger partial charge in [-0.15, -0.1) is 5.10 Å². The van der Waals surface area contributed by atoms with Crippen molar-refractivity contribution in [2.45, 2.75) is 39.3 Å². The van der Waals surface area contributed by atoms with Crippen molar-refractivity contribution in [2.75, 3.05) is 17.7 Å². The molecule has 2 heterocycles. The molecule has 2 amide bonds. The summed E-state index contributed by atoms with van der Waals surface area (Å²) < 4.78 is 1.97. The number of carbonyl (C=O) groups excluding carboxylic acids is 2. The fraction of sp³-hybridized carbons (Fsp3) is 0.333. The number of aryl methyl sites for hydroxylation is 1. The van der Waals surface area contributed by atoms with Crippen LogP contribution in [-0.4, -0.2) is 38.9 Å². The minimum absolute atomic E-state index is 0.0232. The molecular formula is C24H27N5O2S. The summed E-state index contributed by atoms with van der Waals surface area (Å²) >= 11 is 1.14. The van der Waals surface area contributed by atoms with Crippen molar-refractivity contribution in [3.8, 4) is 22.5 Å². The summed E-state index contributed by atoms with van der Waals surface area (Å²) in [6.07, 6.45) is 3.63. The van der Waals surface area contributed by atoms with E-state index in [2.05, 4.69) is 34.7 Å². The maximum Gasteiger partial charge on any atom is 0.278 e. The number of amides is 2. The van der Waals surface area contributed by atoms with E-state index in [1.807, 2.05) is 46.0 Å². The van der Waals surface area contributed by atoms with E-state index < -0.39 is 0 Å². The van der Waals surface area contributed by atoms with Crippen LogP contribution in [0.3, 0.4) is 0 Å². The molecule has 0 unspecified atom stereocenters. The fourth-order valence-electron chi connectivity index (χ4n) is 4.04. The number of nitrogens with one attached hydrogen (secondary N) is 1. The van der Waals surface area contributed by atoms with Crippen LogP contribution in [0.4, 0.5) is 10.5 Å². The normalized spacial score (nSPS) is 12.2. The Bertz CT molecular complexity index is 1130. The molecular weight excluding hydrogens is 422 g/mol. The van der Waals surface area contributed by atoms with Crippen LogP contribution in [0.15, 0.2) is 48.5 Å². The average Bonchev–Trinajstić information content (AvgIpc) is 3.22. The van der Waals surface area contributed by atoms with Crippen LogP contribution in [0.1, 0.15) is 31.7 Å². The Labute approximate surface area is 192 Å². The minimum atomic E-state index is -0.0781. The van der Waals surface area contributed by atoms with Gasteiger partial charge in [0.05, 0.1) is 17.9 Å². The zero-order chi connectivity index (χ0) is 22.5. The largest absolute Gasteiger partial charge is 0.347 e. The Balaban J connectivity index is 1.73. The second kappa shape index (κ2) is 9.99. The van der Waals surface area contributed by atoms with Gasteiger partial charge >= 0.3 is 0 Å². The molecule has 1 aliphatic heterocycles. The van der Waals surface area contributed by atoms with Gasteiger partial charge in [0.15, 0.2) is 0 Å². The number of rotatable bonds is 6. The first-order chi connectivity index (χ1) is 15.6. The number of aromatic nitrogens is 3. The number of hydrogen-bond donors (Lipinski definition) is 1. The van der Waals surface area contributed by atoms with Crippen LogP contribution in [0.2, 0.25) is 0 Å². The lowest BCUT2D eigenvalue weighted by Crippen LogP contribution is -2.32. The van der Waals surface area contributed by atoms with Crippen LogP contribution in [0.25, 0.3) is 22.5 Å². The van der Waals surface area contributed by atoms with Gasteiger partial charge in [0.1, 0.15) is 5.69 Å². The third kappa shape index (κ3) is 4.41. The summed E-state index contributed by atoms with van der Waals surface area (Å²) in [5.41, 5.74) is 5.66. The molecule has 0 bridgehead atoms. The van der Waals surface area contributed by atoms with Crippen molar-refractivity contribution in [3.05, 3.63) is 54.1 Å². The van der Waals surface area contributed by atoms with Gasteiger partial charge in [-0.05, 0) is 30.7 Å². The maximum absolute atomic E-state index is 13.3. The molecule has 0 atom stereocenters. The van der Waals surface area contributed by atoms with E-state index in [0.29, 0.717) is 25.9 Å². The zero-order valence-corrected chi connectivity index (χ0v) is 19.2. The molecule has 166 valence electrons. The Kier molecular flexibility index (Phi) is 6.90. The average molecular weight is 450 g/mol. The van der Waals surface area contributed by atoms with E-state index in [9.17, 15) is 9.59 Å². The highest BCUT2D eigenvalue weighted by molar-refractivity contribution is 8.12. The number of para-hydroxylation sites is 1. The smallest absolute Gasteiger partial charge is 0.278 e. The van der Waals surface area contributed by atoms with Crippen LogP contribution >= 0.6 is 11.8 Å². The van der Waals surface area contributed by atoms with Gasteiger partial charge in [-0.1, -0.05) is 66.4 Å². The van der Waals surface area contributed by atoms with Crippen molar-refractivity contribution < 1.29 is 9.59 Å². The summed E-state index contributed by atoms with van der Waals surface area (Å²) in [5, 5.41) is 11.7. The minimum Gasteiger partial charge on any atom is -0.347 e. The molecule has 1 N–H and O–H groups in total. The summed E-state index contributed by atoms with van der Waals surface area (Å²) in [5.74, 6) is 0.0232. The van der Waals surface area contributed by atoms with Crippen LogP contribution in [-0.2, 0) is 17.9 Å². The fourth-order valence-corrected chi connectivity index (χ4v) is 4.29. The monoisotopic (exact) mass is 449 g/mol. The highest BCUT2D eigenvalue weighted by atomic mass is 32.2. The zero-order valence-electron chi connectivity index (χ0n) is 18.4. The van der Waals surface area contributed by atoms with Crippen LogP contribution in [0, 0.1) is 0 Å². The SMILES string of the molecule is CCCn1nnc2c1-c1ccccc1CN(C(=O)CCCNC(=O)SC)c1ccccc1-2. The van der Waals surface area contributed by atoms with E-state index in [1.54, 1.807) is 6.26 Å². The van der Waals surface area contributed by atoms with E-state index in [-0.39, 0.29) is 11.1 Å². The van der Waals surface area contributed by atoms with Crippen molar-refractivity contribution >= 4 is 28.6 Å². The molecule has 0 radical (unpaired) electrons. The predicted octanol–water partition coefficient (Wildman–Crippen LogP) is 4.72. The molecule has 0 saturated carbocycles. The van der Waals surface area contributed by atoms with E-state index in [0.717, 1.165) is 58.5 Å². The number of hydrogen-bond acceptors (Lipinski definition) is 5.